The Balaban J connectivity index is 1.13. The van der Waals surface area contributed by atoms with Gasteiger partial charge in [0.1, 0.15) is 16.7 Å². The summed E-state index contributed by atoms with van der Waals surface area (Å²) in [5.41, 5.74) is 7.34. The molecule has 49 heavy (non-hydrogen) atoms. The van der Waals surface area contributed by atoms with Gasteiger partial charge in [-0.3, -0.25) is 0 Å². The quantitative estimate of drug-likeness (QED) is 0.188. The van der Waals surface area contributed by atoms with E-state index in [0.29, 0.717) is 5.89 Å². The minimum absolute atomic E-state index is 0.604. The molecule has 0 saturated heterocycles. The number of anilines is 3. The maximum atomic E-state index is 6.42. The molecule has 0 saturated carbocycles. The van der Waals surface area contributed by atoms with E-state index in [-0.39, 0.29) is 0 Å². The molecule has 0 spiro atoms. The van der Waals surface area contributed by atoms with E-state index in [1.807, 2.05) is 59.1 Å². The zero-order valence-corrected chi connectivity index (χ0v) is 27.5. The molecule has 0 radical (unpaired) electrons. The molecule has 4 heterocycles. The minimum atomic E-state index is 0.604. The molecule has 7 aromatic carbocycles. The first kappa shape index (κ1) is 27.0. The number of oxazole rings is 1. The van der Waals surface area contributed by atoms with Gasteiger partial charge in [0, 0.05) is 79.8 Å². The highest BCUT2D eigenvalue weighted by Gasteiger charge is 2.20. The average molecular weight is 665 g/mol. The lowest BCUT2D eigenvalue weighted by molar-refractivity contribution is 0.620. The van der Waals surface area contributed by atoms with E-state index in [0.717, 1.165) is 55.7 Å². The van der Waals surface area contributed by atoms with E-state index in [2.05, 4.69) is 114 Å². The molecule has 230 valence electrons. The molecule has 0 aliphatic rings. The molecule has 11 aromatic rings. The van der Waals surface area contributed by atoms with Crippen LogP contribution in [0.3, 0.4) is 0 Å². The topological polar surface area (TPSA) is 42.4 Å². The van der Waals surface area contributed by atoms with Crippen molar-refractivity contribution in [1.29, 1.82) is 0 Å². The first-order chi connectivity index (χ1) is 24.2. The molecular formula is C43H24N2O2S2. The molecule has 0 atom stereocenters. The lowest BCUT2D eigenvalue weighted by atomic mass is 10.1. The predicted molar refractivity (Wildman–Crippen MR) is 207 cm³/mol. The van der Waals surface area contributed by atoms with Crippen LogP contribution in [0, 0.1) is 0 Å². The van der Waals surface area contributed by atoms with Crippen LogP contribution in [-0.4, -0.2) is 4.98 Å². The molecule has 0 N–H and O–H groups in total. The third kappa shape index (κ3) is 4.18. The zero-order valence-electron chi connectivity index (χ0n) is 25.9. The summed E-state index contributed by atoms with van der Waals surface area (Å²) in [4.78, 5) is 7.15. The van der Waals surface area contributed by atoms with Crippen LogP contribution in [0.4, 0.5) is 17.1 Å². The molecule has 11 rings (SSSR count). The Bertz CT molecular complexity index is 2960. The second-order valence-corrected chi connectivity index (χ2v) is 14.5. The fourth-order valence-corrected chi connectivity index (χ4v) is 9.36. The van der Waals surface area contributed by atoms with Crippen molar-refractivity contribution >= 4 is 113 Å². The van der Waals surface area contributed by atoms with Crippen LogP contribution in [0.15, 0.2) is 154 Å². The second kappa shape index (κ2) is 10.3. The van der Waals surface area contributed by atoms with Crippen molar-refractivity contribution in [2.75, 3.05) is 4.90 Å². The molecule has 0 bridgehead atoms. The molecule has 0 aliphatic carbocycles. The van der Waals surface area contributed by atoms with Gasteiger partial charge in [-0.25, -0.2) is 4.98 Å². The summed E-state index contributed by atoms with van der Waals surface area (Å²) in [5.74, 6) is 0.604. The van der Waals surface area contributed by atoms with Gasteiger partial charge in [0.25, 0.3) is 0 Å². The molecule has 0 amide bonds. The van der Waals surface area contributed by atoms with Gasteiger partial charge < -0.3 is 13.7 Å². The van der Waals surface area contributed by atoms with Crippen LogP contribution in [0.25, 0.3) is 84.8 Å². The summed E-state index contributed by atoms with van der Waals surface area (Å²) in [7, 11) is 0. The van der Waals surface area contributed by atoms with Crippen LogP contribution in [0.1, 0.15) is 0 Å². The average Bonchev–Trinajstić information content (AvgIpc) is 3.92. The number of fused-ring (bicyclic) bond motifs is 10. The lowest BCUT2D eigenvalue weighted by Crippen LogP contribution is -2.09. The van der Waals surface area contributed by atoms with E-state index in [1.165, 1.54) is 40.3 Å². The molecule has 4 nitrogen and oxygen atoms in total. The van der Waals surface area contributed by atoms with E-state index < -0.39 is 0 Å². The van der Waals surface area contributed by atoms with Crippen LogP contribution in [-0.2, 0) is 0 Å². The standard InChI is InChI=1S/C43H24N2O2S2/c1-2-8-25(9-3-1)43-44-35-24-37-32(23-38(35)47-43)31-20-26(14-17-36(31)46-37)45(27-15-18-41-33(21-27)29-10-4-6-12-39(29)48-41)28-16-19-42-34(22-28)30-11-5-7-13-40(30)49-42/h1-24H. The first-order valence-electron chi connectivity index (χ1n) is 16.2. The van der Waals surface area contributed by atoms with Gasteiger partial charge in [-0.1, -0.05) is 54.6 Å². The monoisotopic (exact) mass is 664 g/mol. The Morgan fingerprint density at radius 3 is 1.63 bits per heavy atom. The fourth-order valence-electron chi connectivity index (χ4n) is 7.18. The van der Waals surface area contributed by atoms with Gasteiger partial charge in [-0.05, 0) is 84.9 Å². The van der Waals surface area contributed by atoms with E-state index in [1.54, 1.807) is 0 Å². The van der Waals surface area contributed by atoms with Crippen molar-refractivity contribution in [3.63, 3.8) is 0 Å². The maximum Gasteiger partial charge on any atom is 0.227 e. The molecule has 0 unspecified atom stereocenters. The van der Waals surface area contributed by atoms with Crippen molar-refractivity contribution in [1.82, 2.24) is 4.98 Å². The summed E-state index contributed by atoms with van der Waals surface area (Å²) < 4.78 is 17.9. The highest BCUT2D eigenvalue weighted by molar-refractivity contribution is 7.26. The Kier molecular flexibility index (Phi) is 5.67. The number of thiophene rings is 2. The predicted octanol–water partition coefficient (Wildman–Crippen LogP) is 13.6. The molecule has 0 aliphatic heterocycles. The molecular weight excluding hydrogens is 641 g/mol. The third-order valence-electron chi connectivity index (χ3n) is 9.48. The number of furan rings is 1. The Labute approximate surface area is 287 Å². The molecule has 4 aromatic heterocycles. The highest BCUT2D eigenvalue weighted by atomic mass is 32.1. The van der Waals surface area contributed by atoms with Crippen LogP contribution in [0.5, 0.6) is 0 Å². The van der Waals surface area contributed by atoms with Crippen molar-refractivity contribution in [2.24, 2.45) is 0 Å². The van der Waals surface area contributed by atoms with Crippen LogP contribution >= 0.6 is 22.7 Å². The van der Waals surface area contributed by atoms with Gasteiger partial charge >= 0.3 is 0 Å². The Morgan fingerprint density at radius 2 is 0.959 bits per heavy atom. The summed E-state index contributed by atoms with van der Waals surface area (Å²) in [6.45, 7) is 0. The Morgan fingerprint density at radius 1 is 0.408 bits per heavy atom. The SMILES string of the molecule is c1ccc(-c2nc3cc4oc5ccc(N(c6ccc7sc8ccccc8c7c6)c6ccc7sc8ccccc8c7c6)cc5c4cc3o2)cc1. The van der Waals surface area contributed by atoms with Gasteiger partial charge in [0.15, 0.2) is 5.58 Å². The van der Waals surface area contributed by atoms with Gasteiger partial charge in [-0.15, -0.1) is 22.7 Å². The second-order valence-electron chi connectivity index (χ2n) is 12.4. The summed E-state index contributed by atoms with van der Waals surface area (Å²) in [6, 6.07) is 51.6. The van der Waals surface area contributed by atoms with Crippen LogP contribution in [0.2, 0.25) is 0 Å². The number of aromatic nitrogens is 1. The third-order valence-corrected chi connectivity index (χ3v) is 11.8. The smallest absolute Gasteiger partial charge is 0.227 e. The van der Waals surface area contributed by atoms with Gasteiger partial charge in [0.05, 0.1) is 0 Å². The number of hydrogen-bond donors (Lipinski definition) is 0. The number of rotatable bonds is 4. The van der Waals surface area contributed by atoms with E-state index in [4.69, 9.17) is 13.8 Å². The number of hydrogen-bond acceptors (Lipinski definition) is 6. The van der Waals surface area contributed by atoms with Crippen molar-refractivity contribution in [3.05, 3.63) is 146 Å². The van der Waals surface area contributed by atoms with Crippen molar-refractivity contribution < 1.29 is 8.83 Å². The molecule has 0 fully saturated rings. The van der Waals surface area contributed by atoms with Crippen LogP contribution < -0.4 is 4.90 Å². The Hall–Kier alpha value is -5.95. The summed E-state index contributed by atoms with van der Waals surface area (Å²) in [6.07, 6.45) is 0. The number of nitrogens with zero attached hydrogens (tertiary/aromatic N) is 2. The first-order valence-corrected chi connectivity index (χ1v) is 17.8. The number of benzene rings is 7. The zero-order chi connectivity index (χ0) is 32.1. The minimum Gasteiger partial charge on any atom is -0.456 e. The normalized spacial score (nSPS) is 12.1. The van der Waals surface area contributed by atoms with E-state index in [9.17, 15) is 0 Å². The fraction of sp³-hybridized carbons (Fsp3) is 0. The van der Waals surface area contributed by atoms with Gasteiger partial charge in [0.2, 0.25) is 5.89 Å². The lowest BCUT2D eigenvalue weighted by Gasteiger charge is -2.26. The highest BCUT2D eigenvalue weighted by Crippen LogP contribution is 2.45. The van der Waals surface area contributed by atoms with Crippen molar-refractivity contribution in [2.45, 2.75) is 0 Å². The maximum absolute atomic E-state index is 6.42. The molecule has 6 heteroatoms. The largest absolute Gasteiger partial charge is 0.456 e. The van der Waals surface area contributed by atoms with Gasteiger partial charge in [-0.2, -0.15) is 0 Å². The summed E-state index contributed by atoms with van der Waals surface area (Å²) >= 11 is 3.68. The van der Waals surface area contributed by atoms with Crippen molar-refractivity contribution in [3.8, 4) is 11.5 Å². The van der Waals surface area contributed by atoms with E-state index >= 15 is 0 Å². The summed E-state index contributed by atoms with van der Waals surface area (Å²) in [5, 5.41) is 7.13.